The van der Waals surface area contributed by atoms with E-state index in [-0.39, 0.29) is 5.92 Å². The third kappa shape index (κ3) is 3.78. The lowest BCUT2D eigenvalue weighted by Gasteiger charge is -2.14. The van der Waals surface area contributed by atoms with Gasteiger partial charge in [-0.05, 0) is 44.8 Å². The largest absolute Gasteiger partial charge is 0.309 e. The van der Waals surface area contributed by atoms with Crippen molar-refractivity contribution in [2.24, 2.45) is 0 Å². The summed E-state index contributed by atoms with van der Waals surface area (Å²) in [4.78, 5) is 13.1. The zero-order chi connectivity index (χ0) is 12.1. The van der Waals surface area contributed by atoms with Gasteiger partial charge >= 0.3 is 0 Å². The van der Waals surface area contributed by atoms with Crippen LogP contribution < -0.4 is 0 Å². The maximum absolute atomic E-state index is 11.0. The van der Waals surface area contributed by atoms with Crippen molar-refractivity contribution in [3.8, 4) is 0 Å². The monoisotopic (exact) mass is 259 g/mol. The van der Waals surface area contributed by atoms with Crippen molar-refractivity contribution in [3.63, 3.8) is 0 Å². The Hall–Kier alpha value is -0.570. The van der Waals surface area contributed by atoms with Crippen LogP contribution in [0.25, 0.3) is 0 Å². The topological polar surface area (TPSA) is 20.3 Å². The van der Waals surface area contributed by atoms with Gasteiger partial charge in [0.1, 0.15) is 6.29 Å². The Morgan fingerprint density at radius 2 is 2.00 bits per heavy atom. The number of halogens is 2. The summed E-state index contributed by atoms with van der Waals surface area (Å²) in [5.41, 5.74) is 0.922. The summed E-state index contributed by atoms with van der Waals surface area (Å²) in [7, 11) is 3.97. The van der Waals surface area contributed by atoms with Crippen LogP contribution in [0.15, 0.2) is 18.2 Å². The number of carbonyl (C=O) groups is 1. The highest BCUT2D eigenvalue weighted by atomic mass is 35.5. The van der Waals surface area contributed by atoms with Crippen LogP contribution in [-0.2, 0) is 4.79 Å². The Morgan fingerprint density at radius 1 is 1.31 bits per heavy atom. The Bertz CT molecular complexity index is 366. The third-order valence-electron chi connectivity index (χ3n) is 2.42. The smallest absolute Gasteiger partial charge is 0.127 e. The molecule has 0 fully saturated rings. The van der Waals surface area contributed by atoms with Gasteiger partial charge in [-0.15, -0.1) is 0 Å². The van der Waals surface area contributed by atoms with E-state index in [0.29, 0.717) is 10.0 Å². The fourth-order valence-corrected chi connectivity index (χ4v) is 1.76. The van der Waals surface area contributed by atoms with Crippen LogP contribution in [0.5, 0.6) is 0 Å². The Morgan fingerprint density at radius 3 is 2.50 bits per heavy atom. The molecule has 0 amide bonds. The molecule has 0 heterocycles. The molecule has 1 rings (SSSR count). The highest BCUT2D eigenvalue weighted by Gasteiger charge is 2.12. The highest BCUT2D eigenvalue weighted by molar-refractivity contribution is 6.42. The van der Waals surface area contributed by atoms with Crippen LogP contribution in [0, 0.1) is 0 Å². The summed E-state index contributed by atoms with van der Waals surface area (Å²) >= 11 is 11.7. The summed E-state index contributed by atoms with van der Waals surface area (Å²) in [5, 5.41) is 1.01. The normalized spacial score (nSPS) is 12.8. The van der Waals surface area contributed by atoms with Gasteiger partial charge in [-0.3, -0.25) is 0 Å². The van der Waals surface area contributed by atoms with Crippen LogP contribution in [0.3, 0.4) is 0 Å². The van der Waals surface area contributed by atoms with Crippen molar-refractivity contribution >= 4 is 29.5 Å². The van der Waals surface area contributed by atoms with Crippen molar-refractivity contribution in [1.82, 2.24) is 4.90 Å². The molecule has 1 atom stereocenters. The molecule has 0 bridgehead atoms. The highest BCUT2D eigenvalue weighted by Crippen LogP contribution is 2.27. The first-order valence-electron chi connectivity index (χ1n) is 5.09. The molecule has 0 radical (unpaired) electrons. The standard InChI is InChI=1S/C12H15Cl2NO/c1-15(2)6-5-10(8-16)9-3-4-11(13)12(14)7-9/h3-4,7-8,10H,5-6H2,1-2H3. The predicted octanol–water partition coefficient (Wildman–Crippen LogP) is 3.23. The molecule has 0 aliphatic carbocycles. The minimum atomic E-state index is -0.114. The minimum Gasteiger partial charge on any atom is -0.309 e. The Balaban J connectivity index is 2.78. The van der Waals surface area contributed by atoms with E-state index in [1.54, 1.807) is 12.1 Å². The van der Waals surface area contributed by atoms with E-state index in [2.05, 4.69) is 0 Å². The zero-order valence-electron chi connectivity index (χ0n) is 9.41. The lowest BCUT2D eigenvalue weighted by atomic mass is 9.97. The molecule has 1 unspecified atom stereocenters. The minimum absolute atomic E-state index is 0.114. The van der Waals surface area contributed by atoms with Crippen molar-refractivity contribution in [2.45, 2.75) is 12.3 Å². The van der Waals surface area contributed by atoms with Crippen LogP contribution in [-0.4, -0.2) is 31.8 Å². The maximum atomic E-state index is 11.0. The molecule has 0 aromatic heterocycles. The van der Waals surface area contributed by atoms with E-state index < -0.39 is 0 Å². The van der Waals surface area contributed by atoms with E-state index in [9.17, 15) is 4.79 Å². The van der Waals surface area contributed by atoms with Gasteiger partial charge in [0.05, 0.1) is 10.0 Å². The molecule has 1 aromatic rings. The number of hydrogen-bond acceptors (Lipinski definition) is 2. The first kappa shape index (κ1) is 13.5. The van der Waals surface area contributed by atoms with Crippen LogP contribution in [0.1, 0.15) is 17.9 Å². The van der Waals surface area contributed by atoms with Crippen molar-refractivity contribution in [1.29, 1.82) is 0 Å². The molecule has 1 aromatic carbocycles. The van der Waals surface area contributed by atoms with Gasteiger partial charge in [0, 0.05) is 5.92 Å². The molecule has 16 heavy (non-hydrogen) atoms. The quantitative estimate of drug-likeness (QED) is 0.757. The summed E-state index contributed by atoms with van der Waals surface area (Å²) in [6, 6.07) is 5.34. The summed E-state index contributed by atoms with van der Waals surface area (Å²) in [5.74, 6) is -0.114. The lowest BCUT2D eigenvalue weighted by molar-refractivity contribution is -0.109. The van der Waals surface area contributed by atoms with Gasteiger partial charge in [-0.25, -0.2) is 0 Å². The first-order valence-corrected chi connectivity index (χ1v) is 5.85. The van der Waals surface area contributed by atoms with Crippen LogP contribution in [0.4, 0.5) is 0 Å². The van der Waals surface area contributed by atoms with Gasteiger partial charge in [-0.1, -0.05) is 29.3 Å². The molecule has 0 aliphatic heterocycles. The predicted molar refractivity (Wildman–Crippen MR) is 68.4 cm³/mol. The molecule has 0 saturated heterocycles. The molecule has 2 nitrogen and oxygen atoms in total. The molecule has 4 heteroatoms. The summed E-state index contributed by atoms with van der Waals surface area (Å²) in [6.45, 7) is 0.865. The number of rotatable bonds is 5. The fraction of sp³-hybridized carbons (Fsp3) is 0.417. The van der Waals surface area contributed by atoms with Gasteiger partial charge in [-0.2, -0.15) is 0 Å². The van der Waals surface area contributed by atoms with Crippen molar-refractivity contribution < 1.29 is 4.79 Å². The molecular weight excluding hydrogens is 245 g/mol. The van der Waals surface area contributed by atoms with Gasteiger partial charge < -0.3 is 9.69 Å². The summed E-state index contributed by atoms with van der Waals surface area (Å²) in [6.07, 6.45) is 1.75. The molecule has 0 aliphatic rings. The van der Waals surface area contributed by atoms with Gasteiger partial charge in [0.15, 0.2) is 0 Å². The first-order chi connectivity index (χ1) is 7.54. The third-order valence-corrected chi connectivity index (χ3v) is 3.16. The Labute approximate surface area is 106 Å². The van der Waals surface area contributed by atoms with Crippen molar-refractivity contribution in [3.05, 3.63) is 33.8 Å². The molecule has 88 valence electrons. The van der Waals surface area contributed by atoms with E-state index in [1.807, 2.05) is 25.1 Å². The fourth-order valence-electron chi connectivity index (χ4n) is 1.45. The second-order valence-electron chi connectivity index (χ2n) is 4.01. The average molecular weight is 260 g/mol. The van der Waals surface area contributed by atoms with E-state index in [0.717, 1.165) is 24.8 Å². The second kappa shape index (κ2) is 6.24. The Kier molecular flexibility index (Phi) is 5.26. The van der Waals surface area contributed by atoms with Crippen molar-refractivity contribution in [2.75, 3.05) is 20.6 Å². The van der Waals surface area contributed by atoms with Crippen LogP contribution >= 0.6 is 23.2 Å². The van der Waals surface area contributed by atoms with Gasteiger partial charge in [0.2, 0.25) is 0 Å². The van der Waals surface area contributed by atoms with E-state index in [1.165, 1.54) is 0 Å². The van der Waals surface area contributed by atoms with E-state index in [4.69, 9.17) is 23.2 Å². The second-order valence-corrected chi connectivity index (χ2v) is 4.82. The molecule has 0 N–H and O–H groups in total. The number of hydrogen-bond donors (Lipinski definition) is 0. The number of aldehydes is 1. The van der Waals surface area contributed by atoms with E-state index >= 15 is 0 Å². The summed E-state index contributed by atoms with van der Waals surface area (Å²) < 4.78 is 0. The SMILES string of the molecule is CN(C)CCC(C=O)c1ccc(Cl)c(Cl)c1. The number of carbonyl (C=O) groups excluding carboxylic acids is 1. The lowest BCUT2D eigenvalue weighted by Crippen LogP contribution is -2.16. The number of nitrogens with zero attached hydrogens (tertiary/aromatic N) is 1. The average Bonchev–Trinajstić information content (AvgIpc) is 2.23. The molecular formula is C12H15Cl2NO. The van der Waals surface area contributed by atoms with Gasteiger partial charge in [0.25, 0.3) is 0 Å². The molecule has 0 saturated carbocycles. The maximum Gasteiger partial charge on any atom is 0.127 e. The zero-order valence-corrected chi connectivity index (χ0v) is 10.9. The van der Waals surface area contributed by atoms with Crippen LogP contribution in [0.2, 0.25) is 10.0 Å². The molecule has 0 spiro atoms. The number of benzene rings is 1.